The van der Waals surface area contributed by atoms with Gasteiger partial charge in [0.05, 0.1) is 11.1 Å². The minimum Gasteiger partial charge on any atom is -0.494 e. The molecule has 12 nitrogen and oxygen atoms in total. The van der Waals surface area contributed by atoms with E-state index in [2.05, 4.69) is 36.5 Å². The van der Waals surface area contributed by atoms with Crippen LogP contribution in [0.3, 0.4) is 0 Å². The van der Waals surface area contributed by atoms with Crippen LogP contribution in [0.5, 0.6) is 5.75 Å². The van der Waals surface area contributed by atoms with Gasteiger partial charge in [0.2, 0.25) is 11.9 Å². The summed E-state index contributed by atoms with van der Waals surface area (Å²) in [5, 5.41) is 6.58. The summed E-state index contributed by atoms with van der Waals surface area (Å²) in [4.78, 5) is 34.7. The molecule has 1 aromatic heterocycles. The standard InChI is InChI=1S/C35H54BrN5O7/c1-35(2,3)48-31(42)26-46-23-9-21-44-19-5-6-20-45-22-10-24-47-29-15-13-28(14-16-29)39-34-38-25-30(36)32(40-34)37-17-8-18-41(4)33(43)27-11-7-12-27/h13-16,25,27H,5-12,17-24,26H2,1-4H3,(H2,37,38,39,40). The molecular weight excluding hydrogens is 682 g/mol. The van der Waals surface area contributed by atoms with E-state index in [9.17, 15) is 9.59 Å². The summed E-state index contributed by atoms with van der Waals surface area (Å²) in [5.41, 5.74) is 0.361. The van der Waals surface area contributed by atoms with Crippen molar-refractivity contribution in [2.75, 3.05) is 77.0 Å². The van der Waals surface area contributed by atoms with Gasteiger partial charge in [-0.05, 0) is 99.5 Å². The van der Waals surface area contributed by atoms with Gasteiger partial charge in [0, 0.05) is 77.4 Å². The number of nitrogens with zero attached hydrogens (tertiary/aromatic N) is 3. The first kappa shape index (κ1) is 39.4. The van der Waals surface area contributed by atoms with Crippen molar-refractivity contribution < 1.29 is 33.3 Å². The van der Waals surface area contributed by atoms with Gasteiger partial charge < -0.3 is 39.2 Å². The molecule has 3 rings (SSSR count). The van der Waals surface area contributed by atoms with E-state index >= 15 is 0 Å². The minimum atomic E-state index is -0.492. The number of anilines is 3. The van der Waals surface area contributed by atoms with E-state index in [1.165, 1.54) is 6.42 Å². The fraction of sp³-hybridized carbons (Fsp3) is 0.657. The normalized spacial score (nSPS) is 13.1. The Balaban J connectivity index is 1.17. The van der Waals surface area contributed by atoms with Crippen LogP contribution in [0.1, 0.15) is 72.1 Å². The highest BCUT2D eigenvalue weighted by molar-refractivity contribution is 9.10. The van der Waals surface area contributed by atoms with E-state index < -0.39 is 5.60 Å². The highest BCUT2D eigenvalue weighted by Gasteiger charge is 2.27. The number of esters is 1. The summed E-state index contributed by atoms with van der Waals surface area (Å²) in [6, 6.07) is 7.68. The Morgan fingerprint density at radius 3 is 2.21 bits per heavy atom. The molecule has 2 aromatic rings. The molecule has 2 N–H and O–H groups in total. The van der Waals surface area contributed by atoms with E-state index in [1.807, 2.05) is 57.0 Å². The Morgan fingerprint density at radius 2 is 1.56 bits per heavy atom. The van der Waals surface area contributed by atoms with Crippen LogP contribution >= 0.6 is 15.9 Å². The van der Waals surface area contributed by atoms with Gasteiger partial charge in [-0.15, -0.1) is 0 Å². The molecule has 1 fully saturated rings. The zero-order chi connectivity index (χ0) is 34.6. The smallest absolute Gasteiger partial charge is 0.332 e. The number of ether oxygens (including phenoxy) is 5. The number of nitrogens with one attached hydrogen (secondary N) is 2. The molecule has 268 valence electrons. The van der Waals surface area contributed by atoms with Crippen molar-refractivity contribution in [1.82, 2.24) is 14.9 Å². The summed E-state index contributed by atoms with van der Waals surface area (Å²) in [6.45, 7) is 10.5. The van der Waals surface area contributed by atoms with Gasteiger partial charge in [0.25, 0.3) is 0 Å². The zero-order valence-electron chi connectivity index (χ0n) is 29.1. The predicted octanol–water partition coefficient (Wildman–Crippen LogP) is 6.37. The molecule has 0 unspecified atom stereocenters. The third-order valence-electron chi connectivity index (χ3n) is 7.39. The Labute approximate surface area is 294 Å². The summed E-state index contributed by atoms with van der Waals surface area (Å²) >= 11 is 3.52. The number of benzene rings is 1. The second-order valence-electron chi connectivity index (χ2n) is 12.8. The molecule has 13 heteroatoms. The number of aromatic nitrogens is 2. The number of carbonyl (C=O) groups excluding carboxylic acids is 2. The van der Waals surface area contributed by atoms with Crippen LogP contribution in [0.2, 0.25) is 0 Å². The van der Waals surface area contributed by atoms with Gasteiger partial charge in [-0.2, -0.15) is 4.98 Å². The zero-order valence-corrected chi connectivity index (χ0v) is 30.6. The third-order valence-corrected chi connectivity index (χ3v) is 7.97. The molecule has 1 aliphatic rings. The number of amides is 1. The lowest BCUT2D eigenvalue weighted by atomic mass is 9.84. The Hall–Kier alpha value is -3.00. The molecule has 0 radical (unpaired) electrons. The summed E-state index contributed by atoms with van der Waals surface area (Å²) < 4.78 is 28.5. The first-order valence-electron chi connectivity index (χ1n) is 17.1. The summed E-state index contributed by atoms with van der Waals surface area (Å²) in [6.07, 6.45) is 9.17. The van der Waals surface area contributed by atoms with Crippen LogP contribution in [0.15, 0.2) is 34.9 Å². The second-order valence-corrected chi connectivity index (χ2v) is 13.7. The molecule has 0 aliphatic heterocycles. The summed E-state index contributed by atoms with van der Waals surface area (Å²) in [5.74, 6) is 2.11. The molecule has 0 atom stereocenters. The number of hydrogen-bond donors (Lipinski definition) is 2. The quantitative estimate of drug-likeness (QED) is 0.0920. The maximum atomic E-state index is 12.3. The highest BCUT2D eigenvalue weighted by Crippen LogP contribution is 2.28. The van der Waals surface area contributed by atoms with Gasteiger partial charge in [-0.3, -0.25) is 4.79 Å². The van der Waals surface area contributed by atoms with Crippen molar-refractivity contribution in [1.29, 1.82) is 0 Å². The molecule has 1 amide bonds. The monoisotopic (exact) mass is 735 g/mol. The van der Waals surface area contributed by atoms with Gasteiger partial charge in [-0.1, -0.05) is 6.42 Å². The Bertz CT molecular complexity index is 1220. The summed E-state index contributed by atoms with van der Waals surface area (Å²) in [7, 11) is 1.89. The fourth-order valence-electron chi connectivity index (χ4n) is 4.67. The van der Waals surface area contributed by atoms with E-state index in [0.29, 0.717) is 64.5 Å². The lowest BCUT2D eigenvalue weighted by Gasteiger charge is -2.29. The SMILES string of the molecule is CN(CCCNc1nc(Nc2ccc(OCCCOCCCCOCCCOCC(=O)OC(C)(C)C)cc2)ncc1Br)C(=O)C1CCC1. The molecule has 0 spiro atoms. The number of hydrogen-bond acceptors (Lipinski definition) is 11. The molecule has 48 heavy (non-hydrogen) atoms. The van der Waals surface area contributed by atoms with Crippen molar-refractivity contribution in [2.24, 2.45) is 5.92 Å². The van der Waals surface area contributed by atoms with Gasteiger partial charge >= 0.3 is 5.97 Å². The van der Waals surface area contributed by atoms with Crippen molar-refractivity contribution in [3.63, 3.8) is 0 Å². The van der Waals surface area contributed by atoms with Crippen LogP contribution in [0.25, 0.3) is 0 Å². The first-order valence-corrected chi connectivity index (χ1v) is 17.9. The number of halogens is 1. The first-order chi connectivity index (χ1) is 23.1. The van der Waals surface area contributed by atoms with Crippen LogP contribution in [0, 0.1) is 5.92 Å². The van der Waals surface area contributed by atoms with Crippen LogP contribution in [0.4, 0.5) is 17.5 Å². The number of carbonyl (C=O) groups is 2. The van der Waals surface area contributed by atoms with Gasteiger partial charge in [-0.25, -0.2) is 9.78 Å². The maximum Gasteiger partial charge on any atom is 0.332 e. The van der Waals surface area contributed by atoms with Gasteiger partial charge in [0.15, 0.2) is 0 Å². The second kappa shape index (κ2) is 21.9. The van der Waals surface area contributed by atoms with E-state index in [1.54, 1.807) is 6.20 Å². The van der Waals surface area contributed by atoms with Crippen LogP contribution < -0.4 is 15.4 Å². The predicted molar refractivity (Wildman–Crippen MR) is 190 cm³/mol. The van der Waals surface area contributed by atoms with E-state index in [-0.39, 0.29) is 24.4 Å². The minimum absolute atomic E-state index is 0.0297. The average molecular weight is 737 g/mol. The van der Waals surface area contributed by atoms with Crippen molar-refractivity contribution >= 4 is 45.3 Å². The van der Waals surface area contributed by atoms with E-state index in [0.717, 1.165) is 60.9 Å². The molecule has 1 heterocycles. The van der Waals surface area contributed by atoms with Crippen molar-refractivity contribution in [3.05, 3.63) is 34.9 Å². The van der Waals surface area contributed by atoms with Gasteiger partial charge in [0.1, 0.15) is 23.8 Å². The largest absolute Gasteiger partial charge is 0.494 e. The number of unbranched alkanes of at least 4 members (excludes halogenated alkanes) is 1. The molecular formula is C35H54BrN5O7. The maximum absolute atomic E-state index is 12.3. The van der Waals surface area contributed by atoms with Crippen molar-refractivity contribution in [3.8, 4) is 5.75 Å². The molecule has 0 saturated heterocycles. The van der Waals surface area contributed by atoms with Crippen LogP contribution in [-0.4, -0.2) is 98.7 Å². The van der Waals surface area contributed by atoms with Crippen LogP contribution in [-0.2, 0) is 28.5 Å². The topological polar surface area (TPSA) is 133 Å². The average Bonchev–Trinajstić information content (AvgIpc) is 3.01. The fourth-order valence-corrected chi connectivity index (χ4v) is 5.00. The molecule has 1 aliphatic carbocycles. The number of rotatable bonds is 24. The van der Waals surface area contributed by atoms with E-state index in [4.69, 9.17) is 23.7 Å². The molecule has 1 aromatic carbocycles. The molecule has 1 saturated carbocycles. The van der Waals surface area contributed by atoms with Crippen molar-refractivity contribution in [2.45, 2.75) is 77.7 Å². The Morgan fingerprint density at radius 1 is 0.917 bits per heavy atom. The highest BCUT2D eigenvalue weighted by atomic mass is 79.9. The third kappa shape index (κ3) is 16.4. The molecule has 0 bridgehead atoms. The lowest BCUT2D eigenvalue weighted by molar-refractivity contribution is -0.160. The Kier molecular flexibility index (Phi) is 18.0. The lowest BCUT2D eigenvalue weighted by Crippen LogP contribution is -2.37.